The molecule has 2 atom stereocenters. The lowest BCUT2D eigenvalue weighted by atomic mass is 9.95. The molecule has 1 heterocycles. The lowest BCUT2D eigenvalue weighted by molar-refractivity contribution is 0.0831. The van der Waals surface area contributed by atoms with Gasteiger partial charge in [-0.05, 0) is 41.0 Å². The SMILES string of the molecule is O=C(N[C@H](c1ccccc1)[C@H](O)c1ccccc1)c1ccc(-c2ccncc2)c(F)c1. The number of nitrogens with zero attached hydrogens (tertiary/aromatic N) is 1. The highest BCUT2D eigenvalue weighted by Gasteiger charge is 2.25. The highest BCUT2D eigenvalue weighted by atomic mass is 19.1. The van der Waals surface area contributed by atoms with Crippen molar-refractivity contribution in [2.75, 3.05) is 0 Å². The van der Waals surface area contributed by atoms with Crippen molar-refractivity contribution in [2.45, 2.75) is 12.1 Å². The Balaban J connectivity index is 1.61. The summed E-state index contributed by atoms with van der Waals surface area (Å²) in [6, 6.07) is 25.4. The Bertz CT molecular complexity index is 1150. The fraction of sp³-hybridized carbons (Fsp3) is 0.0769. The number of halogens is 1. The minimum atomic E-state index is -0.964. The van der Waals surface area contributed by atoms with Crippen molar-refractivity contribution in [3.05, 3.63) is 126 Å². The van der Waals surface area contributed by atoms with Crippen molar-refractivity contribution in [3.8, 4) is 11.1 Å². The summed E-state index contributed by atoms with van der Waals surface area (Å²) in [6.07, 6.45) is 2.21. The first-order chi connectivity index (χ1) is 15.1. The highest BCUT2D eigenvalue weighted by molar-refractivity contribution is 5.95. The number of nitrogens with one attached hydrogen (secondary N) is 1. The largest absolute Gasteiger partial charge is 0.386 e. The van der Waals surface area contributed by atoms with Crippen LogP contribution in [-0.4, -0.2) is 16.0 Å². The van der Waals surface area contributed by atoms with Crippen LogP contribution >= 0.6 is 0 Å². The molecule has 154 valence electrons. The maximum absolute atomic E-state index is 14.7. The molecular weight excluding hydrogens is 391 g/mol. The molecule has 0 saturated carbocycles. The van der Waals surface area contributed by atoms with Crippen LogP contribution in [0.5, 0.6) is 0 Å². The van der Waals surface area contributed by atoms with Gasteiger partial charge in [-0.2, -0.15) is 0 Å². The number of carbonyl (C=O) groups is 1. The van der Waals surface area contributed by atoms with Crippen molar-refractivity contribution in [2.24, 2.45) is 0 Å². The molecule has 4 nitrogen and oxygen atoms in total. The predicted octanol–water partition coefficient (Wildman–Crippen LogP) is 5.09. The van der Waals surface area contributed by atoms with Crippen LogP contribution in [0.4, 0.5) is 4.39 Å². The van der Waals surface area contributed by atoms with Crippen LogP contribution < -0.4 is 5.32 Å². The van der Waals surface area contributed by atoms with Crippen LogP contribution in [0.25, 0.3) is 11.1 Å². The zero-order valence-corrected chi connectivity index (χ0v) is 16.7. The summed E-state index contributed by atoms with van der Waals surface area (Å²) in [5, 5.41) is 13.9. The summed E-state index contributed by atoms with van der Waals surface area (Å²) in [5.41, 5.74) is 2.68. The lowest BCUT2D eigenvalue weighted by Crippen LogP contribution is -2.32. The molecule has 31 heavy (non-hydrogen) atoms. The molecule has 0 aliphatic rings. The molecule has 2 N–H and O–H groups in total. The van der Waals surface area contributed by atoms with Crippen molar-refractivity contribution in [3.63, 3.8) is 0 Å². The molecule has 5 heteroatoms. The molecule has 0 aliphatic carbocycles. The van der Waals surface area contributed by atoms with Crippen LogP contribution in [0.3, 0.4) is 0 Å². The van der Waals surface area contributed by atoms with Crippen LogP contribution in [0.2, 0.25) is 0 Å². The Morgan fingerprint density at radius 1 is 0.839 bits per heavy atom. The Morgan fingerprint density at radius 3 is 2.06 bits per heavy atom. The Labute approximate surface area is 180 Å². The smallest absolute Gasteiger partial charge is 0.251 e. The second kappa shape index (κ2) is 9.32. The van der Waals surface area contributed by atoms with Crippen LogP contribution in [0.15, 0.2) is 103 Å². The predicted molar refractivity (Wildman–Crippen MR) is 118 cm³/mol. The number of aromatic nitrogens is 1. The average molecular weight is 412 g/mol. The summed E-state index contributed by atoms with van der Waals surface area (Å²) < 4.78 is 14.7. The van der Waals surface area contributed by atoms with Gasteiger partial charge < -0.3 is 10.4 Å². The van der Waals surface area contributed by atoms with E-state index >= 15 is 0 Å². The molecule has 3 aromatic carbocycles. The number of hydrogen-bond donors (Lipinski definition) is 2. The van der Waals surface area contributed by atoms with E-state index in [0.717, 1.165) is 5.56 Å². The number of amides is 1. The number of rotatable bonds is 6. The quantitative estimate of drug-likeness (QED) is 0.464. The number of hydrogen-bond acceptors (Lipinski definition) is 3. The average Bonchev–Trinajstić information content (AvgIpc) is 2.83. The summed E-state index contributed by atoms with van der Waals surface area (Å²) >= 11 is 0. The minimum absolute atomic E-state index is 0.177. The van der Waals surface area contributed by atoms with Gasteiger partial charge in [-0.1, -0.05) is 66.7 Å². The van der Waals surface area contributed by atoms with E-state index in [1.807, 2.05) is 48.5 Å². The van der Waals surface area contributed by atoms with Gasteiger partial charge in [0.15, 0.2) is 0 Å². The fourth-order valence-electron chi connectivity index (χ4n) is 3.49. The summed E-state index contributed by atoms with van der Waals surface area (Å²) in [7, 11) is 0. The lowest BCUT2D eigenvalue weighted by Gasteiger charge is -2.25. The van der Waals surface area contributed by atoms with Gasteiger partial charge in [-0.25, -0.2) is 4.39 Å². The summed E-state index contributed by atoms with van der Waals surface area (Å²) in [4.78, 5) is 16.9. The third-order valence-corrected chi connectivity index (χ3v) is 5.12. The van der Waals surface area contributed by atoms with Crippen molar-refractivity contribution >= 4 is 5.91 Å². The molecule has 1 amide bonds. The summed E-state index contributed by atoms with van der Waals surface area (Å²) in [5.74, 6) is -0.970. The number of aliphatic hydroxyl groups is 1. The van der Waals surface area contributed by atoms with Crippen LogP contribution in [0, 0.1) is 5.82 Å². The van der Waals surface area contributed by atoms with E-state index < -0.39 is 23.9 Å². The molecule has 0 spiro atoms. The first kappa shape index (κ1) is 20.4. The third-order valence-electron chi connectivity index (χ3n) is 5.12. The molecule has 4 aromatic rings. The fourth-order valence-corrected chi connectivity index (χ4v) is 3.49. The maximum Gasteiger partial charge on any atom is 0.251 e. The molecule has 4 rings (SSSR count). The van der Waals surface area contributed by atoms with Gasteiger partial charge in [0.2, 0.25) is 0 Å². The van der Waals surface area contributed by atoms with E-state index in [4.69, 9.17) is 0 Å². The molecule has 0 bridgehead atoms. The normalized spacial score (nSPS) is 12.7. The van der Waals surface area contributed by atoms with E-state index in [0.29, 0.717) is 16.7 Å². The molecular formula is C26H21FN2O2. The molecule has 0 saturated heterocycles. The van der Waals surface area contributed by atoms with Gasteiger partial charge >= 0.3 is 0 Å². The van der Waals surface area contributed by atoms with E-state index in [9.17, 15) is 14.3 Å². The van der Waals surface area contributed by atoms with Gasteiger partial charge in [-0.3, -0.25) is 9.78 Å². The van der Waals surface area contributed by atoms with E-state index in [1.54, 1.807) is 48.8 Å². The molecule has 0 aliphatic heterocycles. The van der Waals surface area contributed by atoms with Crippen molar-refractivity contribution in [1.29, 1.82) is 0 Å². The third kappa shape index (κ3) is 4.68. The number of aliphatic hydroxyl groups excluding tert-OH is 1. The number of pyridine rings is 1. The van der Waals surface area contributed by atoms with E-state index in [2.05, 4.69) is 10.3 Å². The van der Waals surface area contributed by atoms with Gasteiger partial charge in [0.05, 0.1) is 6.04 Å². The zero-order chi connectivity index (χ0) is 21.6. The molecule has 0 unspecified atom stereocenters. The molecule has 1 aromatic heterocycles. The highest BCUT2D eigenvalue weighted by Crippen LogP contribution is 2.29. The van der Waals surface area contributed by atoms with Crippen molar-refractivity contribution in [1.82, 2.24) is 10.3 Å². The standard InChI is InChI=1S/C26H21FN2O2/c27-23-17-21(11-12-22(23)18-13-15-28-16-14-18)26(31)29-24(19-7-3-1-4-8-19)25(30)20-9-5-2-6-10-20/h1-17,24-25,30H,(H,29,31)/t24-,25-/m1/s1. The van der Waals surface area contributed by atoms with Crippen molar-refractivity contribution < 1.29 is 14.3 Å². The monoisotopic (exact) mass is 412 g/mol. The summed E-state index contributed by atoms with van der Waals surface area (Å²) in [6.45, 7) is 0. The van der Waals surface area contributed by atoms with E-state index in [-0.39, 0.29) is 5.56 Å². The first-order valence-corrected chi connectivity index (χ1v) is 9.92. The molecule has 0 fully saturated rings. The van der Waals surface area contributed by atoms with Crippen LogP contribution in [0.1, 0.15) is 33.6 Å². The topological polar surface area (TPSA) is 62.2 Å². The second-order valence-corrected chi connectivity index (χ2v) is 7.15. The minimum Gasteiger partial charge on any atom is -0.386 e. The van der Waals surface area contributed by atoms with Gasteiger partial charge in [-0.15, -0.1) is 0 Å². The van der Waals surface area contributed by atoms with Gasteiger partial charge in [0.1, 0.15) is 11.9 Å². The van der Waals surface area contributed by atoms with E-state index in [1.165, 1.54) is 6.07 Å². The maximum atomic E-state index is 14.7. The van der Waals surface area contributed by atoms with Gasteiger partial charge in [0.25, 0.3) is 5.91 Å². The molecule has 0 radical (unpaired) electrons. The Kier molecular flexibility index (Phi) is 6.15. The number of carbonyl (C=O) groups excluding carboxylic acids is 1. The Morgan fingerprint density at radius 2 is 1.45 bits per heavy atom. The zero-order valence-electron chi connectivity index (χ0n) is 16.7. The second-order valence-electron chi connectivity index (χ2n) is 7.15. The number of benzene rings is 3. The Hall–Kier alpha value is -3.83. The first-order valence-electron chi connectivity index (χ1n) is 9.92. The van der Waals surface area contributed by atoms with Crippen LogP contribution in [-0.2, 0) is 0 Å². The van der Waals surface area contributed by atoms with Gasteiger partial charge in [0, 0.05) is 23.5 Å².